The first kappa shape index (κ1) is 13.1. The average molecular weight is 251 g/mol. The Morgan fingerprint density at radius 3 is 2.78 bits per heavy atom. The van der Waals surface area contributed by atoms with Gasteiger partial charge in [0.2, 0.25) is 0 Å². The van der Waals surface area contributed by atoms with Gasteiger partial charge in [-0.15, -0.1) is 10.2 Å². The summed E-state index contributed by atoms with van der Waals surface area (Å²) in [6.45, 7) is 4.92. The Hall–Kier alpha value is -1.39. The summed E-state index contributed by atoms with van der Waals surface area (Å²) in [5, 5.41) is 17.7. The molecule has 18 heavy (non-hydrogen) atoms. The first-order valence-electron chi connectivity index (χ1n) is 6.77. The molecule has 0 saturated heterocycles. The summed E-state index contributed by atoms with van der Waals surface area (Å²) in [6.07, 6.45) is 4.79. The molecule has 1 N–H and O–H groups in total. The van der Waals surface area contributed by atoms with Crippen LogP contribution in [-0.2, 0) is 11.3 Å². The highest BCUT2D eigenvalue weighted by molar-refractivity contribution is 5.71. The van der Waals surface area contributed by atoms with Crippen LogP contribution in [0.1, 0.15) is 56.6 Å². The molecule has 5 heteroatoms. The fourth-order valence-corrected chi connectivity index (χ4v) is 2.91. The predicted octanol–water partition coefficient (Wildman–Crippen LogP) is 2.35. The minimum absolute atomic E-state index is 0.0315. The fraction of sp³-hybridized carbons (Fsp3) is 0.769. The Morgan fingerprint density at radius 2 is 2.11 bits per heavy atom. The topological polar surface area (TPSA) is 68.0 Å². The maximum atomic E-state index is 11.4. The van der Waals surface area contributed by atoms with E-state index in [1.807, 2.05) is 6.92 Å². The second-order valence-electron chi connectivity index (χ2n) is 5.09. The fourth-order valence-electron chi connectivity index (χ4n) is 2.91. The van der Waals surface area contributed by atoms with Crippen molar-refractivity contribution in [2.75, 3.05) is 0 Å². The van der Waals surface area contributed by atoms with Crippen LogP contribution in [0, 0.1) is 12.8 Å². The molecule has 1 saturated carbocycles. The van der Waals surface area contributed by atoms with Crippen LogP contribution in [0.3, 0.4) is 0 Å². The molecule has 1 aliphatic rings. The molecule has 0 aliphatic heterocycles. The molecule has 0 radical (unpaired) electrons. The number of hydrogen-bond acceptors (Lipinski definition) is 3. The second-order valence-corrected chi connectivity index (χ2v) is 5.09. The minimum atomic E-state index is -0.691. The molecule has 5 nitrogen and oxygen atoms in total. The summed E-state index contributed by atoms with van der Waals surface area (Å²) in [4.78, 5) is 11.4. The van der Waals surface area contributed by atoms with E-state index in [1.54, 1.807) is 0 Å². The lowest BCUT2D eigenvalue weighted by molar-refractivity contribution is -0.143. The minimum Gasteiger partial charge on any atom is -0.481 e. The van der Waals surface area contributed by atoms with Crippen molar-refractivity contribution in [2.24, 2.45) is 5.92 Å². The second kappa shape index (κ2) is 5.50. The monoisotopic (exact) mass is 251 g/mol. The van der Waals surface area contributed by atoms with Gasteiger partial charge >= 0.3 is 5.97 Å². The number of nitrogens with zero attached hydrogens (tertiary/aromatic N) is 3. The largest absolute Gasteiger partial charge is 0.481 e. The summed E-state index contributed by atoms with van der Waals surface area (Å²) in [5.74, 6) is 0.813. The number of carbonyl (C=O) groups is 1. The van der Waals surface area contributed by atoms with Gasteiger partial charge in [-0.2, -0.15) is 0 Å². The predicted molar refractivity (Wildman–Crippen MR) is 67.4 cm³/mol. The van der Waals surface area contributed by atoms with E-state index in [9.17, 15) is 9.90 Å². The molecular weight excluding hydrogens is 230 g/mol. The van der Waals surface area contributed by atoms with Crippen LogP contribution in [-0.4, -0.2) is 25.8 Å². The standard InChI is InChI=1S/C13H21N3O2/c1-3-8-16-9(2)14-15-12(16)10-6-4-5-7-11(10)13(17)18/h10-11H,3-8H2,1-2H3,(H,17,18). The molecular formula is C13H21N3O2. The number of rotatable bonds is 4. The molecule has 0 spiro atoms. The van der Waals surface area contributed by atoms with Gasteiger partial charge < -0.3 is 9.67 Å². The number of aliphatic carboxylic acids is 1. The number of carboxylic acids is 1. The Balaban J connectivity index is 2.30. The third kappa shape index (κ3) is 2.40. The molecule has 100 valence electrons. The van der Waals surface area contributed by atoms with Crippen molar-refractivity contribution in [3.8, 4) is 0 Å². The van der Waals surface area contributed by atoms with Gasteiger partial charge in [0.25, 0.3) is 0 Å². The third-order valence-corrected chi connectivity index (χ3v) is 3.83. The van der Waals surface area contributed by atoms with E-state index in [4.69, 9.17) is 0 Å². The highest BCUT2D eigenvalue weighted by atomic mass is 16.4. The molecule has 2 rings (SSSR count). The molecule has 2 unspecified atom stereocenters. The van der Waals surface area contributed by atoms with E-state index >= 15 is 0 Å². The van der Waals surface area contributed by atoms with E-state index in [2.05, 4.69) is 21.7 Å². The van der Waals surface area contributed by atoms with Crippen LogP contribution in [0.2, 0.25) is 0 Å². The van der Waals surface area contributed by atoms with Gasteiger partial charge in [-0.25, -0.2) is 0 Å². The summed E-state index contributed by atoms with van der Waals surface area (Å²) in [6, 6.07) is 0. The van der Waals surface area contributed by atoms with Crippen LogP contribution in [0.4, 0.5) is 0 Å². The molecule has 0 aromatic carbocycles. The van der Waals surface area contributed by atoms with Gasteiger partial charge in [0, 0.05) is 12.5 Å². The first-order chi connectivity index (χ1) is 8.65. The number of aryl methyl sites for hydroxylation is 1. The van der Waals surface area contributed by atoms with Crippen molar-refractivity contribution in [1.82, 2.24) is 14.8 Å². The molecule has 1 aromatic heterocycles. The number of hydrogen-bond donors (Lipinski definition) is 1. The molecule has 1 fully saturated rings. The zero-order valence-corrected chi connectivity index (χ0v) is 11.1. The molecule has 1 aliphatic carbocycles. The zero-order chi connectivity index (χ0) is 13.1. The van der Waals surface area contributed by atoms with Crippen molar-refractivity contribution in [1.29, 1.82) is 0 Å². The Labute approximate surface area is 107 Å². The summed E-state index contributed by atoms with van der Waals surface area (Å²) < 4.78 is 2.09. The summed E-state index contributed by atoms with van der Waals surface area (Å²) in [7, 11) is 0. The van der Waals surface area contributed by atoms with Crippen LogP contribution in [0.25, 0.3) is 0 Å². The highest BCUT2D eigenvalue weighted by Crippen LogP contribution is 2.37. The summed E-state index contributed by atoms with van der Waals surface area (Å²) in [5.41, 5.74) is 0. The van der Waals surface area contributed by atoms with Gasteiger partial charge in [-0.1, -0.05) is 19.8 Å². The van der Waals surface area contributed by atoms with Crippen LogP contribution in [0.5, 0.6) is 0 Å². The lowest BCUT2D eigenvalue weighted by Gasteiger charge is -2.28. The van der Waals surface area contributed by atoms with Crippen molar-refractivity contribution >= 4 is 5.97 Å². The maximum Gasteiger partial charge on any atom is 0.307 e. The van der Waals surface area contributed by atoms with Gasteiger partial charge in [0.15, 0.2) is 0 Å². The van der Waals surface area contributed by atoms with Gasteiger partial charge in [0.1, 0.15) is 11.6 Å². The van der Waals surface area contributed by atoms with Crippen LogP contribution >= 0.6 is 0 Å². The number of aromatic nitrogens is 3. The molecule has 0 amide bonds. The SMILES string of the molecule is CCCn1c(C)nnc1C1CCCCC1C(=O)O. The molecule has 1 aromatic rings. The van der Waals surface area contributed by atoms with Crippen LogP contribution < -0.4 is 0 Å². The normalized spacial score (nSPS) is 24.1. The van der Waals surface area contributed by atoms with E-state index in [-0.39, 0.29) is 11.8 Å². The lowest BCUT2D eigenvalue weighted by atomic mass is 9.78. The van der Waals surface area contributed by atoms with Crippen molar-refractivity contribution in [3.05, 3.63) is 11.6 Å². The molecule has 0 bridgehead atoms. The third-order valence-electron chi connectivity index (χ3n) is 3.83. The maximum absolute atomic E-state index is 11.4. The first-order valence-corrected chi connectivity index (χ1v) is 6.77. The lowest BCUT2D eigenvalue weighted by Crippen LogP contribution is -2.28. The van der Waals surface area contributed by atoms with Crippen molar-refractivity contribution < 1.29 is 9.90 Å². The van der Waals surface area contributed by atoms with Crippen molar-refractivity contribution in [2.45, 2.75) is 58.4 Å². The quantitative estimate of drug-likeness (QED) is 0.892. The molecule has 1 heterocycles. The number of carboxylic acid groups (broad SMARTS) is 1. The van der Waals surface area contributed by atoms with Gasteiger partial charge in [-0.05, 0) is 26.2 Å². The smallest absolute Gasteiger partial charge is 0.307 e. The van der Waals surface area contributed by atoms with Gasteiger partial charge in [0.05, 0.1) is 5.92 Å². The highest BCUT2D eigenvalue weighted by Gasteiger charge is 2.35. The summed E-state index contributed by atoms with van der Waals surface area (Å²) >= 11 is 0. The Kier molecular flexibility index (Phi) is 3.99. The van der Waals surface area contributed by atoms with E-state index in [0.717, 1.165) is 50.3 Å². The Bertz CT molecular complexity index is 428. The van der Waals surface area contributed by atoms with Crippen LogP contribution in [0.15, 0.2) is 0 Å². The van der Waals surface area contributed by atoms with Gasteiger partial charge in [-0.3, -0.25) is 4.79 Å². The van der Waals surface area contributed by atoms with E-state index in [1.165, 1.54) is 0 Å². The zero-order valence-electron chi connectivity index (χ0n) is 11.1. The molecule has 2 atom stereocenters. The Morgan fingerprint density at radius 1 is 1.39 bits per heavy atom. The average Bonchev–Trinajstić information content (AvgIpc) is 2.72. The van der Waals surface area contributed by atoms with E-state index in [0.29, 0.717) is 0 Å². The van der Waals surface area contributed by atoms with E-state index < -0.39 is 5.97 Å². The van der Waals surface area contributed by atoms with Crippen molar-refractivity contribution in [3.63, 3.8) is 0 Å².